The molecule has 0 N–H and O–H groups in total. The summed E-state index contributed by atoms with van der Waals surface area (Å²) in [6.45, 7) is 2.91. The fourth-order valence-electron chi connectivity index (χ4n) is 2.70. The van der Waals surface area contributed by atoms with Crippen molar-refractivity contribution in [2.75, 3.05) is 6.61 Å². The first-order chi connectivity index (χ1) is 9.84. The van der Waals surface area contributed by atoms with E-state index < -0.39 is 0 Å². The number of carbonyl (C=O) groups excluding carboxylic acids is 1. The highest BCUT2D eigenvalue weighted by atomic mass is 16.5. The molecule has 0 radical (unpaired) electrons. The third kappa shape index (κ3) is 8.60. The van der Waals surface area contributed by atoms with Crippen LogP contribution in [0.1, 0.15) is 96.8 Å². The van der Waals surface area contributed by atoms with Gasteiger partial charge in [-0.15, -0.1) is 0 Å². The average Bonchev–Trinajstić information content (AvgIpc) is 2.38. The molecule has 0 spiro atoms. The molecule has 0 heterocycles. The van der Waals surface area contributed by atoms with Crippen molar-refractivity contribution in [1.29, 1.82) is 0 Å². The van der Waals surface area contributed by atoms with E-state index in [1.165, 1.54) is 70.6 Å². The van der Waals surface area contributed by atoms with Gasteiger partial charge in [0.05, 0.1) is 12.5 Å². The first-order valence-corrected chi connectivity index (χ1v) is 9.01. The van der Waals surface area contributed by atoms with Crippen LogP contribution in [0, 0.1) is 5.92 Å². The Morgan fingerprint density at radius 1 is 0.850 bits per heavy atom. The monoisotopic (exact) mass is 282 g/mol. The van der Waals surface area contributed by atoms with Crippen molar-refractivity contribution >= 4 is 5.97 Å². The maximum Gasteiger partial charge on any atom is 0.308 e. The minimum absolute atomic E-state index is 0.0586. The van der Waals surface area contributed by atoms with E-state index >= 15 is 0 Å². The van der Waals surface area contributed by atoms with Crippen LogP contribution in [-0.2, 0) is 9.53 Å². The van der Waals surface area contributed by atoms with E-state index in [2.05, 4.69) is 6.92 Å². The summed E-state index contributed by atoms with van der Waals surface area (Å²) in [6.07, 6.45) is 18.0. The van der Waals surface area contributed by atoms with Gasteiger partial charge in [-0.05, 0) is 19.3 Å². The predicted molar refractivity (Wildman–Crippen MR) is 84.8 cm³/mol. The third-order valence-corrected chi connectivity index (χ3v) is 4.43. The van der Waals surface area contributed by atoms with E-state index in [4.69, 9.17) is 4.74 Å². The molecule has 20 heavy (non-hydrogen) atoms. The second kappa shape index (κ2) is 12.2. The van der Waals surface area contributed by atoms with Crippen molar-refractivity contribution in [3.05, 3.63) is 0 Å². The Balaban J connectivity index is 1.71. The summed E-state index contributed by atoms with van der Waals surface area (Å²) >= 11 is 0. The van der Waals surface area contributed by atoms with Crippen molar-refractivity contribution in [1.82, 2.24) is 0 Å². The zero-order chi connectivity index (χ0) is 14.5. The Bertz CT molecular complexity index is 234. The number of ether oxygens (including phenoxy) is 1. The molecule has 1 fully saturated rings. The smallest absolute Gasteiger partial charge is 0.308 e. The van der Waals surface area contributed by atoms with Crippen molar-refractivity contribution in [2.45, 2.75) is 96.8 Å². The molecule has 1 aliphatic rings. The summed E-state index contributed by atoms with van der Waals surface area (Å²) in [7, 11) is 0. The number of hydrogen-bond acceptors (Lipinski definition) is 2. The second-order valence-electron chi connectivity index (χ2n) is 6.33. The topological polar surface area (TPSA) is 26.3 Å². The molecule has 2 nitrogen and oxygen atoms in total. The maximum atomic E-state index is 11.5. The van der Waals surface area contributed by atoms with Crippen molar-refractivity contribution in [3.8, 4) is 0 Å². The third-order valence-electron chi connectivity index (χ3n) is 4.43. The Kier molecular flexibility index (Phi) is 10.7. The van der Waals surface area contributed by atoms with Gasteiger partial charge in [-0.1, -0.05) is 77.6 Å². The van der Waals surface area contributed by atoms with Gasteiger partial charge >= 0.3 is 5.97 Å². The van der Waals surface area contributed by atoms with E-state index in [9.17, 15) is 4.79 Å². The quantitative estimate of drug-likeness (QED) is 0.323. The number of unbranched alkanes of at least 4 members (excludes halogenated alkanes) is 10. The van der Waals surface area contributed by atoms with Crippen LogP contribution in [0.15, 0.2) is 0 Å². The fourth-order valence-corrected chi connectivity index (χ4v) is 2.70. The number of rotatable bonds is 13. The molecule has 1 rings (SSSR count). The van der Waals surface area contributed by atoms with Crippen LogP contribution in [-0.4, -0.2) is 12.6 Å². The van der Waals surface area contributed by atoms with Gasteiger partial charge in [-0.3, -0.25) is 4.79 Å². The first kappa shape index (κ1) is 17.5. The Hall–Kier alpha value is -0.530. The molecule has 1 aliphatic carbocycles. The van der Waals surface area contributed by atoms with Crippen LogP contribution in [0.2, 0.25) is 0 Å². The van der Waals surface area contributed by atoms with Gasteiger partial charge in [0.25, 0.3) is 0 Å². The summed E-state index contributed by atoms with van der Waals surface area (Å²) in [6, 6.07) is 0. The standard InChI is InChI=1S/C18H34O2/c1-2-3-4-5-6-7-8-9-10-11-12-16-20-18(19)17-14-13-15-17/h17H,2-16H2,1H3. The molecule has 0 aliphatic heterocycles. The molecule has 0 amide bonds. The van der Waals surface area contributed by atoms with Gasteiger partial charge < -0.3 is 4.74 Å². The molecule has 1 saturated carbocycles. The maximum absolute atomic E-state index is 11.5. The normalized spacial score (nSPS) is 15.1. The molecular weight excluding hydrogens is 248 g/mol. The van der Waals surface area contributed by atoms with Crippen LogP contribution in [0.3, 0.4) is 0 Å². The van der Waals surface area contributed by atoms with Crippen LogP contribution in [0.4, 0.5) is 0 Å². The minimum atomic E-state index is 0.0586. The largest absolute Gasteiger partial charge is 0.465 e. The second-order valence-corrected chi connectivity index (χ2v) is 6.33. The molecule has 0 saturated heterocycles. The van der Waals surface area contributed by atoms with E-state index in [0.717, 1.165) is 19.3 Å². The molecule has 0 unspecified atom stereocenters. The molecular formula is C18H34O2. The Morgan fingerprint density at radius 3 is 1.80 bits per heavy atom. The molecule has 0 aromatic carbocycles. The lowest BCUT2D eigenvalue weighted by Crippen LogP contribution is -2.24. The first-order valence-electron chi connectivity index (χ1n) is 9.01. The van der Waals surface area contributed by atoms with Gasteiger partial charge in [0.2, 0.25) is 0 Å². The highest BCUT2D eigenvalue weighted by molar-refractivity contribution is 5.73. The lowest BCUT2D eigenvalue weighted by Gasteiger charge is -2.22. The van der Waals surface area contributed by atoms with Crippen molar-refractivity contribution in [3.63, 3.8) is 0 Å². The van der Waals surface area contributed by atoms with Gasteiger partial charge in [0.15, 0.2) is 0 Å². The van der Waals surface area contributed by atoms with Gasteiger partial charge in [-0.2, -0.15) is 0 Å². The molecule has 0 bridgehead atoms. The fraction of sp³-hybridized carbons (Fsp3) is 0.944. The number of esters is 1. The number of hydrogen-bond donors (Lipinski definition) is 0. The van der Waals surface area contributed by atoms with Crippen LogP contribution in [0.25, 0.3) is 0 Å². The molecule has 0 aromatic rings. The summed E-state index contributed by atoms with van der Waals surface area (Å²) < 4.78 is 5.29. The van der Waals surface area contributed by atoms with Crippen LogP contribution in [0.5, 0.6) is 0 Å². The average molecular weight is 282 g/mol. The van der Waals surface area contributed by atoms with Crippen LogP contribution < -0.4 is 0 Å². The lowest BCUT2D eigenvalue weighted by molar-refractivity contribution is -0.151. The van der Waals surface area contributed by atoms with E-state index in [-0.39, 0.29) is 11.9 Å². The minimum Gasteiger partial charge on any atom is -0.465 e. The van der Waals surface area contributed by atoms with Crippen LogP contribution >= 0.6 is 0 Å². The zero-order valence-electron chi connectivity index (χ0n) is 13.5. The van der Waals surface area contributed by atoms with Crippen molar-refractivity contribution < 1.29 is 9.53 Å². The predicted octanol–water partition coefficient (Wildman–Crippen LogP) is 5.64. The number of carbonyl (C=O) groups is 1. The molecule has 0 atom stereocenters. The lowest BCUT2D eigenvalue weighted by atomic mass is 9.86. The van der Waals surface area contributed by atoms with E-state index in [0.29, 0.717) is 6.61 Å². The summed E-state index contributed by atoms with van der Waals surface area (Å²) in [4.78, 5) is 11.5. The molecule has 2 heteroatoms. The molecule has 0 aromatic heterocycles. The summed E-state index contributed by atoms with van der Waals surface area (Å²) in [5.74, 6) is 0.297. The van der Waals surface area contributed by atoms with Crippen molar-refractivity contribution in [2.24, 2.45) is 5.92 Å². The van der Waals surface area contributed by atoms with Gasteiger partial charge in [-0.25, -0.2) is 0 Å². The highest BCUT2D eigenvalue weighted by Crippen LogP contribution is 2.27. The SMILES string of the molecule is CCCCCCCCCCCCCOC(=O)C1CCC1. The Morgan fingerprint density at radius 2 is 1.35 bits per heavy atom. The highest BCUT2D eigenvalue weighted by Gasteiger charge is 2.26. The Labute approximate surface area is 125 Å². The molecule has 118 valence electrons. The summed E-state index contributed by atoms with van der Waals surface area (Å²) in [5.41, 5.74) is 0. The summed E-state index contributed by atoms with van der Waals surface area (Å²) in [5, 5.41) is 0. The van der Waals surface area contributed by atoms with Gasteiger partial charge in [0, 0.05) is 0 Å². The zero-order valence-corrected chi connectivity index (χ0v) is 13.5. The van der Waals surface area contributed by atoms with E-state index in [1.807, 2.05) is 0 Å². The van der Waals surface area contributed by atoms with E-state index in [1.54, 1.807) is 0 Å². The van der Waals surface area contributed by atoms with Gasteiger partial charge in [0.1, 0.15) is 0 Å².